The molecule has 1 aromatic heterocycles. The van der Waals surface area contributed by atoms with E-state index < -0.39 is 0 Å². The van der Waals surface area contributed by atoms with Gasteiger partial charge in [0.2, 0.25) is 0 Å². The van der Waals surface area contributed by atoms with Crippen LogP contribution in [0.15, 0.2) is 52.9 Å². The van der Waals surface area contributed by atoms with Gasteiger partial charge in [0.15, 0.2) is 10.7 Å². The zero-order valence-electron chi connectivity index (χ0n) is 13.7. The van der Waals surface area contributed by atoms with Gasteiger partial charge in [0, 0.05) is 16.0 Å². The second-order valence-corrected chi connectivity index (χ2v) is 6.84. The summed E-state index contributed by atoms with van der Waals surface area (Å²) in [5.74, 6) is 0. The van der Waals surface area contributed by atoms with Crippen LogP contribution in [0.1, 0.15) is 16.1 Å². The third kappa shape index (κ3) is 4.05. The molecule has 0 saturated heterocycles. The number of thiazole rings is 1. The molecule has 0 aliphatic carbocycles. The lowest BCUT2D eigenvalue weighted by atomic mass is 10.0. The van der Waals surface area contributed by atoms with Crippen molar-refractivity contribution in [3.8, 4) is 17.3 Å². The van der Waals surface area contributed by atoms with E-state index in [-0.39, 0.29) is 5.71 Å². The standard InChI is InChI=1S/C19H15ClN4S/c1-12-3-8-16(13(2)9-12)18-11-25-19(22-18)17(10-21)24-23-15-6-4-14(20)5-7-15/h3-9,11,23H,1-2H3/b24-17+. The molecule has 0 aliphatic rings. The summed E-state index contributed by atoms with van der Waals surface area (Å²) in [7, 11) is 0. The molecule has 0 bridgehead atoms. The Balaban J connectivity index is 1.85. The fourth-order valence-corrected chi connectivity index (χ4v) is 3.26. The summed E-state index contributed by atoms with van der Waals surface area (Å²) in [6.07, 6.45) is 0. The first-order chi connectivity index (χ1) is 12.1. The van der Waals surface area contributed by atoms with E-state index in [9.17, 15) is 5.26 Å². The highest BCUT2D eigenvalue weighted by Gasteiger charge is 2.12. The molecule has 1 heterocycles. The van der Waals surface area contributed by atoms with E-state index in [1.807, 2.05) is 5.38 Å². The number of anilines is 1. The highest BCUT2D eigenvalue weighted by Crippen LogP contribution is 2.26. The predicted molar refractivity (Wildman–Crippen MR) is 104 cm³/mol. The monoisotopic (exact) mass is 366 g/mol. The zero-order valence-corrected chi connectivity index (χ0v) is 15.3. The van der Waals surface area contributed by atoms with Crippen LogP contribution in [-0.2, 0) is 0 Å². The summed E-state index contributed by atoms with van der Waals surface area (Å²) in [6, 6.07) is 15.4. The van der Waals surface area contributed by atoms with Crippen molar-refractivity contribution in [1.82, 2.24) is 4.98 Å². The third-order valence-electron chi connectivity index (χ3n) is 3.61. The molecule has 0 atom stereocenters. The summed E-state index contributed by atoms with van der Waals surface area (Å²) in [5, 5.41) is 16.7. The Hall–Kier alpha value is -2.68. The molecule has 0 unspecified atom stereocenters. The van der Waals surface area contributed by atoms with Crippen molar-refractivity contribution < 1.29 is 0 Å². The van der Waals surface area contributed by atoms with Gasteiger partial charge < -0.3 is 0 Å². The van der Waals surface area contributed by atoms with Gasteiger partial charge in [-0.15, -0.1) is 11.3 Å². The largest absolute Gasteiger partial charge is 0.277 e. The van der Waals surface area contributed by atoms with Crippen molar-refractivity contribution in [2.45, 2.75) is 13.8 Å². The molecule has 0 fully saturated rings. The second-order valence-electron chi connectivity index (χ2n) is 5.55. The lowest BCUT2D eigenvalue weighted by Crippen LogP contribution is -2.01. The highest BCUT2D eigenvalue weighted by molar-refractivity contribution is 7.12. The van der Waals surface area contributed by atoms with Crippen molar-refractivity contribution >= 4 is 34.3 Å². The molecule has 0 saturated carbocycles. The summed E-state index contributed by atoms with van der Waals surface area (Å²) in [5.41, 5.74) is 8.15. The van der Waals surface area contributed by atoms with E-state index in [4.69, 9.17) is 11.6 Å². The molecule has 3 aromatic rings. The smallest absolute Gasteiger partial charge is 0.196 e. The number of nitriles is 1. The molecular formula is C19H15ClN4S. The number of hydrogen-bond donors (Lipinski definition) is 1. The minimum atomic E-state index is 0.246. The van der Waals surface area contributed by atoms with Crippen molar-refractivity contribution in [1.29, 1.82) is 5.26 Å². The Morgan fingerprint density at radius 2 is 1.96 bits per heavy atom. The molecule has 0 amide bonds. The highest BCUT2D eigenvalue weighted by atomic mass is 35.5. The van der Waals surface area contributed by atoms with Crippen molar-refractivity contribution in [2.24, 2.45) is 5.10 Å². The van der Waals surface area contributed by atoms with Gasteiger partial charge in [-0.2, -0.15) is 10.4 Å². The Morgan fingerprint density at radius 3 is 2.64 bits per heavy atom. The first-order valence-corrected chi connectivity index (χ1v) is 8.85. The molecule has 4 nitrogen and oxygen atoms in total. The minimum Gasteiger partial charge on any atom is -0.277 e. The number of rotatable bonds is 4. The second kappa shape index (κ2) is 7.47. The maximum Gasteiger partial charge on any atom is 0.196 e. The predicted octanol–water partition coefficient (Wildman–Crippen LogP) is 5.42. The number of aromatic nitrogens is 1. The lowest BCUT2D eigenvalue weighted by molar-refractivity contribution is 1.30. The van der Waals surface area contributed by atoms with Crippen molar-refractivity contribution in [3.63, 3.8) is 0 Å². The summed E-state index contributed by atoms with van der Waals surface area (Å²) >= 11 is 7.26. The first-order valence-electron chi connectivity index (χ1n) is 7.59. The normalized spacial score (nSPS) is 11.2. The maximum atomic E-state index is 9.40. The van der Waals surface area contributed by atoms with E-state index in [0.717, 1.165) is 22.5 Å². The van der Waals surface area contributed by atoms with Crippen LogP contribution < -0.4 is 5.43 Å². The fourth-order valence-electron chi connectivity index (χ4n) is 2.37. The van der Waals surface area contributed by atoms with Crippen LogP contribution >= 0.6 is 22.9 Å². The van der Waals surface area contributed by atoms with Gasteiger partial charge in [-0.05, 0) is 43.7 Å². The number of hydrazone groups is 1. The van der Waals surface area contributed by atoms with Gasteiger partial charge >= 0.3 is 0 Å². The molecule has 0 aliphatic heterocycles. The van der Waals surface area contributed by atoms with E-state index in [0.29, 0.717) is 10.0 Å². The number of halogens is 1. The fraction of sp³-hybridized carbons (Fsp3) is 0.105. The minimum absolute atomic E-state index is 0.246. The average molecular weight is 367 g/mol. The molecule has 0 radical (unpaired) electrons. The molecule has 124 valence electrons. The SMILES string of the molecule is Cc1ccc(-c2csc(/C(C#N)=N/Nc3ccc(Cl)cc3)n2)c(C)c1. The van der Waals surface area contributed by atoms with Crippen molar-refractivity contribution in [3.05, 3.63) is 69.0 Å². The summed E-state index contributed by atoms with van der Waals surface area (Å²) in [4.78, 5) is 4.57. The van der Waals surface area contributed by atoms with E-state index in [1.165, 1.54) is 16.9 Å². The lowest BCUT2D eigenvalue weighted by Gasteiger charge is -2.03. The van der Waals surface area contributed by atoms with Crippen LogP contribution in [-0.4, -0.2) is 10.7 Å². The van der Waals surface area contributed by atoms with Crippen LogP contribution in [0.25, 0.3) is 11.3 Å². The molecule has 6 heteroatoms. The maximum absolute atomic E-state index is 9.40. The van der Waals surface area contributed by atoms with Gasteiger partial charge in [0.25, 0.3) is 0 Å². The number of aryl methyl sites for hydroxylation is 2. The molecule has 2 aromatic carbocycles. The number of benzene rings is 2. The van der Waals surface area contributed by atoms with Gasteiger partial charge in [-0.25, -0.2) is 4.98 Å². The van der Waals surface area contributed by atoms with Crippen LogP contribution in [0.2, 0.25) is 5.02 Å². The molecule has 25 heavy (non-hydrogen) atoms. The van der Waals surface area contributed by atoms with Gasteiger partial charge in [0.05, 0.1) is 11.4 Å². The van der Waals surface area contributed by atoms with Crippen molar-refractivity contribution in [2.75, 3.05) is 5.43 Å². The quantitative estimate of drug-likeness (QED) is 0.495. The van der Waals surface area contributed by atoms with Gasteiger partial charge in [-0.1, -0.05) is 35.4 Å². The zero-order chi connectivity index (χ0) is 17.8. The first kappa shape index (κ1) is 17.2. The van der Waals surface area contributed by atoms with Crippen LogP contribution in [0.4, 0.5) is 5.69 Å². The van der Waals surface area contributed by atoms with Gasteiger partial charge in [-0.3, -0.25) is 5.43 Å². The van der Waals surface area contributed by atoms with Gasteiger partial charge in [0.1, 0.15) is 6.07 Å². The summed E-state index contributed by atoms with van der Waals surface area (Å²) < 4.78 is 0. The van der Waals surface area contributed by atoms with E-state index in [1.54, 1.807) is 24.3 Å². The van der Waals surface area contributed by atoms with Crippen LogP contribution in [0.3, 0.4) is 0 Å². The molecule has 1 N–H and O–H groups in total. The Labute approximate surface area is 155 Å². The molecule has 0 spiro atoms. The molecule has 3 rings (SSSR count). The number of nitrogens with one attached hydrogen (secondary N) is 1. The van der Waals surface area contributed by atoms with Crippen LogP contribution in [0.5, 0.6) is 0 Å². The Kier molecular flexibility index (Phi) is 5.13. The Bertz CT molecular complexity index is 968. The summed E-state index contributed by atoms with van der Waals surface area (Å²) in [6.45, 7) is 4.12. The van der Waals surface area contributed by atoms with E-state index in [2.05, 4.69) is 53.6 Å². The number of nitrogens with zero attached hydrogens (tertiary/aromatic N) is 3. The third-order valence-corrected chi connectivity index (χ3v) is 4.71. The van der Waals surface area contributed by atoms with Crippen LogP contribution in [0, 0.1) is 25.2 Å². The Morgan fingerprint density at radius 1 is 1.20 bits per heavy atom. The average Bonchev–Trinajstić information content (AvgIpc) is 3.06. The molecular weight excluding hydrogens is 352 g/mol. The van der Waals surface area contributed by atoms with E-state index >= 15 is 0 Å². The number of hydrogen-bond acceptors (Lipinski definition) is 5. The topological polar surface area (TPSA) is 61.1 Å².